The molecule has 91 heavy (non-hydrogen) atoms. The zero-order valence-electron chi connectivity index (χ0n) is 55.8. The number of hydrogen-bond acceptors (Lipinski definition) is 4. The average Bonchev–Trinajstić information content (AvgIpc) is 1.79. The molecule has 11 rings (SSSR count). The summed E-state index contributed by atoms with van der Waals surface area (Å²) in [5, 5.41) is 2.01. The van der Waals surface area contributed by atoms with Gasteiger partial charge in [0.25, 0.3) is 0 Å². The predicted octanol–water partition coefficient (Wildman–Crippen LogP) is 23.4. The molecule has 476 valence electrons. The van der Waals surface area contributed by atoms with Crippen LogP contribution < -0.4 is 14.5 Å². The van der Waals surface area contributed by atoms with Crippen molar-refractivity contribution in [3.8, 4) is 50.7 Å². The van der Waals surface area contributed by atoms with Crippen LogP contribution in [-0.2, 0) is 48.1 Å². The van der Waals surface area contributed by atoms with Crippen molar-refractivity contribution in [1.29, 1.82) is 0 Å². The van der Waals surface area contributed by atoms with Gasteiger partial charge in [-0.1, -0.05) is 198 Å². The van der Waals surface area contributed by atoms with E-state index in [1.54, 1.807) is 6.07 Å². The Hall–Kier alpha value is -7.55. The number of ether oxygens (including phenoxy) is 1. The van der Waals surface area contributed by atoms with Crippen LogP contribution in [0.5, 0.6) is 11.5 Å². The Morgan fingerprint density at radius 3 is 1.55 bits per heavy atom. The third-order valence-corrected chi connectivity index (χ3v) is 17.6. The molecule has 8 aromatic carbocycles. The van der Waals surface area contributed by atoms with E-state index in [0.717, 1.165) is 72.1 Å². The van der Waals surface area contributed by atoms with Gasteiger partial charge in [-0.05, 0) is 137 Å². The van der Waals surface area contributed by atoms with Gasteiger partial charge in [0.15, 0.2) is 23.3 Å². The summed E-state index contributed by atoms with van der Waals surface area (Å²) in [6, 6.07) is 50.2. The van der Waals surface area contributed by atoms with Gasteiger partial charge in [-0.2, -0.15) is 6.07 Å². The van der Waals surface area contributed by atoms with Crippen LogP contribution in [0.1, 0.15) is 182 Å². The maximum Gasteiger partial charge on any atom is 0.200 e. The van der Waals surface area contributed by atoms with E-state index in [-0.39, 0.29) is 65.8 Å². The maximum absolute atomic E-state index is 17.0. The third kappa shape index (κ3) is 12.4. The van der Waals surface area contributed by atoms with Crippen molar-refractivity contribution in [2.24, 2.45) is 0 Å². The van der Waals surface area contributed by atoms with E-state index >= 15 is 22.0 Å². The molecule has 0 aliphatic carbocycles. The SMILES string of the molecule is CC(C)c1cc(-c2cc(C(C)(C)C)cc(-c3c(F)c(F)c(F)c(F)c3F)c2N2[CH-]N(c3[c-]c(Oc4[c-]c5c(cc4)c4ccccc4n5-c4cc(C(C)(C)C)ccn4)cc(-c4c(C(C)(C)C)cc(C(C)(C)C)cc4C(C)(C)C)c3)c3ccccc32)cc(C(C)C)c1.[Pt]. The number of pyridine rings is 1. The molecular formula is C80H82F5N4OPt-3. The molecular weight excluding hydrogens is 1320 g/mol. The fourth-order valence-electron chi connectivity index (χ4n) is 12.3. The Balaban J connectivity index is 0.00000909. The summed E-state index contributed by atoms with van der Waals surface area (Å²) in [6.45, 7) is 42.9. The molecule has 1 aliphatic rings. The van der Waals surface area contributed by atoms with Crippen molar-refractivity contribution in [3.05, 3.63) is 220 Å². The summed E-state index contributed by atoms with van der Waals surface area (Å²) in [7, 11) is 0. The third-order valence-electron chi connectivity index (χ3n) is 17.6. The number of halogens is 5. The summed E-state index contributed by atoms with van der Waals surface area (Å²) in [5.41, 5.74) is 11.3. The second-order valence-electron chi connectivity index (χ2n) is 30.2. The second kappa shape index (κ2) is 23.8. The topological polar surface area (TPSA) is 33.5 Å². The van der Waals surface area contributed by atoms with E-state index in [4.69, 9.17) is 9.72 Å². The molecule has 0 fully saturated rings. The average molecular weight is 1410 g/mol. The predicted molar refractivity (Wildman–Crippen MR) is 362 cm³/mol. The number of aromatic nitrogens is 2. The molecule has 3 heterocycles. The number of rotatable bonds is 10. The van der Waals surface area contributed by atoms with Crippen LogP contribution in [0, 0.1) is 47.9 Å². The first-order valence-corrected chi connectivity index (χ1v) is 31.3. The van der Waals surface area contributed by atoms with Crippen LogP contribution in [0.4, 0.5) is 44.7 Å². The number of fused-ring (bicyclic) bond motifs is 4. The van der Waals surface area contributed by atoms with Crippen molar-refractivity contribution in [2.45, 2.75) is 170 Å². The summed E-state index contributed by atoms with van der Waals surface area (Å²) in [5.74, 6) is -8.43. The number of hydrogen-bond donors (Lipinski definition) is 0. The fourth-order valence-corrected chi connectivity index (χ4v) is 12.3. The summed E-state index contributed by atoms with van der Waals surface area (Å²) in [6.07, 6.45) is 1.85. The monoisotopic (exact) mass is 1400 g/mol. The first-order valence-electron chi connectivity index (χ1n) is 31.3. The van der Waals surface area contributed by atoms with E-state index in [1.165, 1.54) is 5.56 Å². The maximum atomic E-state index is 17.0. The Bertz CT molecular complexity index is 4390. The Morgan fingerprint density at radius 2 is 0.989 bits per heavy atom. The molecule has 1 aliphatic heterocycles. The summed E-state index contributed by atoms with van der Waals surface area (Å²) >= 11 is 0. The summed E-state index contributed by atoms with van der Waals surface area (Å²) in [4.78, 5) is 8.72. The zero-order chi connectivity index (χ0) is 65.2. The van der Waals surface area contributed by atoms with Gasteiger partial charge in [0.05, 0.1) is 5.56 Å². The summed E-state index contributed by atoms with van der Waals surface area (Å²) < 4.78 is 90.3. The van der Waals surface area contributed by atoms with Crippen molar-refractivity contribution >= 4 is 44.6 Å². The Labute approximate surface area is 550 Å². The largest absolute Gasteiger partial charge is 0.509 e. The molecule has 10 aromatic rings. The minimum Gasteiger partial charge on any atom is -0.509 e. The quantitative estimate of drug-likeness (QED) is 0.0591. The van der Waals surface area contributed by atoms with Crippen LogP contribution in [0.25, 0.3) is 61.0 Å². The van der Waals surface area contributed by atoms with E-state index in [1.807, 2.05) is 98.0 Å². The van der Waals surface area contributed by atoms with E-state index in [2.05, 4.69) is 194 Å². The first kappa shape index (κ1) is 66.4. The first-order chi connectivity index (χ1) is 42.0. The van der Waals surface area contributed by atoms with Crippen LogP contribution in [0.3, 0.4) is 0 Å². The van der Waals surface area contributed by atoms with Gasteiger partial charge in [0, 0.05) is 72.5 Å². The molecule has 11 heteroatoms. The zero-order valence-corrected chi connectivity index (χ0v) is 58.1. The number of anilines is 4. The van der Waals surface area contributed by atoms with Crippen molar-refractivity contribution in [1.82, 2.24) is 9.55 Å². The molecule has 0 saturated heterocycles. The van der Waals surface area contributed by atoms with Gasteiger partial charge in [-0.3, -0.25) is 0 Å². The van der Waals surface area contributed by atoms with Gasteiger partial charge in [-0.25, -0.2) is 26.9 Å². The molecule has 0 radical (unpaired) electrons. The smallest absolute Gasteiger partial charge is 0.200 e. The number of nitrogens with zero attached hydrogens (tertiary/aromatic N) is 4. The van der Waals surface area contributed by atoms with Gasteiger partial charge in [0.1, 0.15) is 5.82 Å². The van der Waals surface area contributed by atoms with Crippen LogP contribution >= 0.6 is 0 Å². The Kier molecular flexibility index (Phi) is 17.4. The minimum absolute atomic E-state index is 0. The number of para-hydroxylation sites is 3. The van der Waals surface area contributed by atoms with Crippen LogP contribution in [0.2, 0.25) is 0 Å². The Morgan fingerprint density at radius 1 is 0.462 bits per heavy atom. The van der Waals surface area contributed by atoms with Crippen molar-refractivity contribution in [2.75, 3.05) is 9.80 Å². The van der Waals surface area contributed by atoms with E-state index in [9.17, 15) is 0 Å². The second-order valence-corrected chi connectivity index (χ2v) is 30.2. The van der Waals surface area contributed by atoms with Crippen molar-refractivity contribution < 1.29 is 47.8 Å². The molecule has 0 atom stereocenters. The molecule has 0 amide bonds. The fraction of sp³-hybridized carbons (Fsp3) is 0.325. The van der Waals surface area contributed by atoms with Crippen LogP contribution in [0.15, 0.2) is 134 Å². The molecule has 0 N–H and O–H groups in total. The van der Waals surface area contributed by atoms with Gasteiger partial charge >= 0.3 is 0 Å². The molecule has 0 saturated carbocycles. The molecule has 0 spiro atoms. The molecule has 5 nitrogen and oxygen atoms in total. The van der Waals surface area contributed by atoms with Gasteiger partial charge < -0.3 is 19.1 Å². The van der Waals surface area contributed by atoms with Gasteiger partial charge in [0.2, 0.25) is 5.82 Å². The minimum atomic E-state index is -2.23. The van der Waals surface area contributed by atoms with Gasteiger partial charge in [-0.15, -0.1) is 53.6 Å². The standard InChI is InChI=1S/C80H82F5N4O.Pt/c1-45(2)47-32-48(46(3)4)34-49(33-47)59-37-52(77(8,9)10)38-60(69-70(81)72(83)74(85)73(84)71(69)82)75(59)88-44-87(64-26-22-23-27-65(64)88)54-35-50(68-61(79(14,15)16)39-53(78(11,12)13)40-62(68)80(17,18)19)36-56(42-54)90-55-28-29-58-57-24-20-21-25-63(57)89(66(58)43-55)67-41-51(30-31-86-67)76(5,6)7;/h20-41,44-46H,1-19H3;/q-3;. The van der Waals surface area contributed by atoms with Crippen molar-refractivity contribution in [3.63, 3.8) is 0 Å². The number of benzene rings is 8. The van der Waals surface area contributed by atoms with E-state index in [0.29, 0.717) is 39.7 Å². The van der Waals surface area contributed by atoms with E-state index < -0.39 is 40.1 Å². The molecule has 0 bridgehead atoms. The van der Waals surface area contributed by atoms with Crippen LogP contribution in [-0.4, -0.2) is 9.55 Å². The molecule has 0 unspecified atom stereocenters. The molecule has 2 aromatic heterocycles. The normalized spacial score (nSPS) is 13.3.